The van der Waals surface area contributed by atoms with Gasteiger partial charge in [-0.2, -0.15) is 0 Å². The molecule has 9 heteroatoms. The molecule has 4 amide bonds. The van der Waals surface area contributed by atoms with Gasteiger partial charge in [-0.05, 0) is 62.8 Å². The molecule has 9 nitrogen and oxygen atoms in total. The lowest BCUT2D eigenvalue weighted by Crippen LogP contribution is -2.54. The van der Waals surface area contributed by atoms with Gasteiger partial charge in [-0.1, -0.05) is 32.9 Å². The Hall–Kier alpha value is -4.01. The highest BCUT2D eigenvalue weighted by molar-refractivity contribution is 6.23. The quantitative estimate of drug-likeness (QED) is 0.489. The Morgan fingerprint density at radius 1 is 1.00 bits per heavy atom. The third kappa shape index (κ3) is 4.57. The minimum atomic E-state index is -1.00. The summed E-state index contributed by atoms with van der Waals surface area (Å²) in [5, 5.41) is 5.93. The SMILES string of the molecule is Cc1ccc2nc(-c3ccc4c(c3)C(=O)N(C3CCC(=O)NC3=O)C4=O)c(NC(C)(C)CC(C)(C)C)n2c1. The number of rotatable bonds is 5. The molecule has 0 spiro atoms. The second-order valence-corrected chi connectivity index (χ2v) is 12.2. The highest BCUT2D eigenvalue weighted by Crippen LogP contribution is 2.37. The van der Waals surface area contributed by atoms with Gasteiger partial charge in [0.1, 0.15) is 23.2 Å². The van der Waals surface area contributed by atoms with Gasteiger partial charge in [0.2, 0.25) is 11.8 Å². The smallest absolute Gasteiger partial charge is 0.262 e. The molecule has 1 fully saturated rings. The second-order valence-electron chi connectivity index (χ2n) is 12.2. The molecule has 1 unspecified atom stereocenters. The number of benzene rings is 1. The Bertz CT molecular complexity index is 1510. The van der Waals surface area contributed by atoms with Gasteiger partial charge in [0, 0.05) is 23.7 Å². The number of hydrogen-bond donors (Lipinski definition) is 2. The summed E-state index contributed by atoms with van der Waals surface area (Å²) in [7, 11) is 0. The van der Waals surface area contributed by atoms with E-state index in [9.17, 15) is 19.2 Å². The Kier molecular flexibility index (Phi) is 5.93. The highest BCUT2D eigenvalue weighted by atomic mass is 16.2. The summed E-state index contributed by atoms with van der Waals surface area (Å²) in [6, 6.07) is 8.03. The molecule has 2 N–H and O–H groups in total. The van der Waals surface area contributed by atoms with Crippen LogP contribution in [0.2, 0.25) is 0 Å². The van der Waals surface area contributed by atoms with Gasteiger partial charge in [0.05, 0.1) is 11.1 Å². The maximum absolute atomic E-state index is 13.4. The van der Waals surface area contributed by atoms with Crippen LogP contribution in [-0.2, 0) is 9.59 Å². The van der Waals surface area contributed by atoms with Crippen LogP contribution in [-0.4, -0.2) is 49.5 Å². The van der Waals surface area contributed by atoms with Crippen molar-refractivity contribution in [2.75, 3.05) is 5.32 Å². The van der Waals surface area contributed by atoms with Gasteiger partial charge in [-0.25, -0.2) is 4.98 Å². The molecule has 2 aliphatic heterocycles. The first kappa shape index (κ1) is 25.6. The first-order valence-electron chi connectivity index (χ1n) is 12.9. The number of anilines is 1. The van der Waals surface area contributed by atoms with Crippen molar-refractivity contribution in [2.45, 2.75) is 72.4 Å². The van der Waals surface area contributed by atoms with Crippen molar-refractivity contribution in [3.05, 3.63) is 53.2 Å². The Labute approximate surface area is 221 Å². The van der Waals surface area contributed by atoms with E-state index >= 15 is 0 Å². The van der Waals surface area contributed by atoms with Crippen LogP contribution in [0.15, 0.2) is 36.5 Å². The number of imidazole rings is 1. The number of nitrogens with zero attached hydrogens (tertiary/aromatic N) is 3. The summed E-state index contributed by atoms with van der Waals surface area (Å²) in [6.07, 6.45) is 3.12. The van der Waals surface area contributed by atoms with Crippen molar-refractivity contribution in [2.24, 2.45) is 5.41 Å². The molecule has 0 radical (unpaired) electrons. The molecule has 2 aromatic heterocycles. The number of nitrogens with one attached hydrogen (secondary N) is 2. The second kappa shape index (κ2) is 8.79. The lowest BCUT2D eigenvalue weighted by Gasteiger charge is -2.34. The number of carbonyl (C=O) groups excluding carboxylic acids is 4. The van der Waals surface area contributed by atoms with Crippen molar-refractivity contribution < 1.29 is 19.2 Å². The van der Waals surface area contributed by atoms with Crippen LogP contribution in [0.1, 0.15) is 80.2 Å². The van der Waals surface area contributed by atoms with Crippen LogP contribution in [0.4, 0.5) is 5.82 Å². The average Bonchev–Trinajstić information content (AvgIpc) is 3.26. The number of amides is 4. The molecule has 38 heavy (non-hydrogen) atoms. The number of pyridine rings is 1. The number of imide groups is 2. The maximum atomic E-state index is 13.4. The standard InChI is InChI=1S/C29H33N5O4/c1-16-7-11-21-30-23(24(33(21)14-16)32-29(5,6)15-28(2,3)4)17-8-9-18-19(13-17)27(38)34(26(18)37)20-10-12-22(35)31-25(20)36/h7-9,11,13-14,20,32H,10,12,15H2,1-6H3,(H,31,35,36). The van der Waals surface area contributed by atoms with Crippen molar-refractivity contribution in [3.63, 3.8) is 0 Å². The fourth-order valence-corrected chi connectivity index (χ4v) is 5.78. The summed E-state index contributed by atoms with van der Waals surface area (Å²) in [6.45, 7) is 12.9. The molecular formula is C29H33N5O4. The molecule has 4 heterocycles. The molecule has 0 aliphatic carbocycles. The first-order chi connectivity index (χ1) is 17.7. The molecular weight excluding hydrogens is 482 g/mol. The lowest BCUT2D eigenvalue weighted by atomic mass is 9.82. The summed E-state index contributed by atoms with van der Waals surface area (Å²) in [4.78, 5) is 56.4. The highest BCUT2D eigenvalue weighted by Gasteiger charge is 2.44. The zero-order valence-corrected chi connectivity index (χ0v) is 22.6. The summed E-state index contributed by atoms with van der Waals surface area (Å²) in [5.41, 5.74) is 3.48. The largest absolute Gasteiger partial charge is 0.364 e. The maximum Gasteiger partial charge on any atom is 0.262 e. The number of aryl methyl sites for hydroxylation is 1. The van der Waals surface area contributed by atoms with E-state index in [-0.39, 0.29) is 34.9 Å². The van der Waals surface area contributed by atoms with Gasteiger partial charge >= 0.3 is 0 Å². The normalized spacial score (nSPS) is 18.3. The van der Waals surface area contributed by atoms with Gasteiger partial charge in [-0.3, -0.25) is 33.8 Å². The van der Waals surface area contributed by atoms with E-state index in [1.54, 1.807) is 18.2 Å². The molecule has 1 saturated heterocycles. The predicted molar refractivity (Wildman–Crippen MR) is 144 cm³/mol. The van der Waals surface area contributed by atoms with Crippen molar-refractivity contribution >= 4 is 35.1 Å². The molecule has 0 saturated carbocycles. The zero-order chi connectivity index (χ0) is 27.6. The molecule has 1 atom stereocenters. The third-order valence-corrected chi connectivity index (χ3v) is 6.91. The predicted octanol–water partition coefficient (Wildman–Crippen LogP) is 4.34. The Morgan fingerprint density at radius 3 is 2.39 bits per heavy atom. The molecule has 198 valence electrons. The number of hydrogen-bond acceptors (Lipinski definition) is 6. The van der Waals surface area contributed by atoms with Crippen LogP contribution in [0.25, 0.3) is 16.9 Å². The fraction of sp³-hybridized carbons (Fsp3) is 0.414. The number of aromatic nitrogens is 2. The van der Waals surface area contributed by atoms with E-state index in [2.05, 4.69) is 45.3 Å². The van der Waals surface area contributed by atoms with Crippen LogP contribution in [0, 0.1) is 12.3 Å². The van der Waals surface area contributed by atoms with Gasteiger partial charge in [-0.15, -0.1) is 0 Å². The summed E-state index contributed by atoms with van der Waals surface area (Å²) in [5.74, 6) is -1.29. The van der Waals surface area contributed by atoms with Crippen molar-refractivity contribution in [1.82, 2.24) is 19.6 Å². The summed E-state index contributed by atoms with van der Waals surface area (Å²) < 4.78 is 2.02. The summed E-state index contributed by atoms with van der Waals surface area (Å²) >= 11 is 0. The third-order valence-electron chi connectivity index (χ3n) is 6.91. The molecule has 2 aliphatic rings. The van der Waals surface area contributed by atoms with E-state index in [0.29, 0.717) is 11.3 Å². The van der Waals surface area contributed by atoms with E-state index in [1.807, 2.05) is 29.7 Å². The van der Waals surface area contributed by atoms with Crippen molar-refractivity contribution in [3.8, 4) is 11.3 Å². The van der Waals surface area contributed by atoms with E-state index in [1.165, 1.54) is 0 Å². The van der Waals surface area contributed by atoms with Crippen LogP contribution >= 0.6 is 0 Å². The lowest BCUT2D eigenvalue weighted by molar-refractivity contribution is -0.136. The molecule has 0 bridgehead atoms. The Balaban J connectivity index is 1.57. The van der Waals surface area contributed by atoms with E-state index in [0.717, 1.165) is 28.3 Å². The minimum Gasteiger partial charge on any atom is -0.364 e. The van der Waals surface area contributed by atoms with Gasteiger partial charge in [0.15, 0.2) is 0 Å². The van der Waals surface area contributed by atoms with Crippen molar-refractivity contribution in [1.29, 1.82) is 0 Å². The monoisotopic (exact) mass is 515 g/mol. The zero-order valence-electron chi connectivity index (χ0n) is 22.6. The van der Waals surface area contributed by atoms with Gasteiger partial charge in [0.25, 0.3) is 11.8 Å². The van der Waals surface area contributed by atoms with E-state index < -0.39 is 29.7 Å². The fourth-order valence-electron chi connectivity index (χ4n) is 5.78. The average molecular weight is 516 g/mol. The van der Waals surface area contributed by atoms with Crippen LogP contribution in [0.5, 0.6) is 0 Å². The van der Waals surface area contributed by atoms with E-state index in [4.69, 9.17) is 4.98 Å². The number of carbonyl (C=O) groups is 4. The number of fused-ring (bicyclic) bond motifs is 2. The first-order valence-corrected chi connectivity index (χ1v) is 12.9. The molecule has 3 aromatic rings. The minimum absolute atomic E-state index is 0.0785. The molecule has 1 aromatic carbocycles. The topological polar surface area (TPSA) is 113 Å². The van der Waals surface area contributed by atoms with Gasteiger partial charge < -0.3 is 5.32 Å². The Morgan fingerprint density at radius 2 is 1.71 bits per heavy atom. The molecule has 5 rings (SSSR count). The van der Waals surface area contributed by atoms with Crippen LogP contribution < -0.4 is 10.6 Å². The number of piperidine rings is 1. The van der Waals surface area contributed by atoms with Crippen LogP contribution in [0.3, 0.4) is 0 Å².